The number of aromatic nitrogens is 1. The van der Waals surface area contributed by atoms with Crippen LogP contribution in [-0.4, -0.2) is 158 Å². The zero-order valence-corrected chi connectivity index (χ0v) is 51.7. The van der Waals surface area contributed by atoms with Crippen LogP contribution < -0.4 is 34.3 Å². The van der Waals surface area contributed by atoms with Gasteiger partial charge in [0.25, 0.3) is 17.7 Å². The Hall–Kier alpha value is -8.00. The molecule has 0 bridgehead atoms. The van der Waals surface area contributed by atoms with Gasteiger partial charge in [0.05, 0.1) is 40.5 Å². The smallest absolute Gasteiger partial charge is 0.413 e. The van der Waals surface area contributed by atoms with Crippen molar-refractivity contribution in [2.45, 2.75) is 102 Å². The number of quaternary nitrogens is 1. The van der Waals surface area contributed by atoms with Gasteiger partial charge in [0.1, 0.15) is 76.4 Å². The number of fused-ring (bicyclic) bond motifs is 1. The number of carbonyl (C=O) groups excluding carboxylic acids is 6. The number of carbonyl (C=O) groups is 6. The first kappa shape index (κ1) is 63.5. The molecule has 0 spiro atoms. The number of hydrogen-bond donors (Lipinski definition) is 2. The second-order valence-corrected chi connectivity index (χ2v) is 24.8. The fraction of sp³-hybridized carbons (Fsp3) is 0.410. The molecule has 87 heavy (non-hydrogen) atoms. The van der Waals surface area contributed by atoms with Crippen molar-refractivity contribution >= 4 is 89.3 Å². The van der Waals surface area contributed by atoms with E-state index in [9.17, 15) is 28.8 Å². The number of likely N-dealkylation sites (tertiary alicyclic amines) is 2. The number of anilines is 1. The van der Waals surface area contributed by atoms with Crippen molar-refractivity contribution in [3.05, 3.63) is 135 Å². The predicted molar refractivity (Wildman–Crippen MR) is 325 cm³/mol. The first-order valence-corrected chi connectivity index (χ1v) is 30.4. The Morgan fingerprint density at radius 3 is 1.95 bits per heavy atom. The van der Waals surface area contributed by atoms with Crippen LogP contribution in [0.5, 0.6) is 28.7 Å². The molecule has 4 aliphatic heterocycles. The number of esters is 1. The molecule has 4 amide bonds. The number of piperidine rings is 1. The summed E-state index contributed by atoms with van der Waals surface area (Å²) in [4.78, 5) is 95.9. The summed E-state index contributed by atoms with van der Waals surface area (Å²) in [5.74, 6) is -0.137. The van der Waals surface area contributed by atoms with E-state index in [2.05, 4.69) is 25.4 Å². The maximum Gasteiger partial charge on any atom is 0.413 e. The summed E-state index contributed by atoms with van der Waals surface area (Å²) in [6.07, 6.45) is 1.03. The van der Waals surface area contributed by atoms with E-state index in [1.807, 2.05) is 53.4 Å². The first-order valence-electron chi connectivity index (χ1n) is 28.2. The predicted octanol–water partition coefficient (Wildman–Crippen LogP) is 8.38. The molecular formula is C61H68BClN7O15S2+. The van der Waals surface area contributed by atoms with Crippen LogP contribution in [0.25, 0.3) is 0 Å². The summed E-state index contributed by atoms with van der Waals surface area (Å²) in [6, 6.07) is 26.4. The van der Waals surface area contributed by atoms with Crippen LogP contribution >= 0.6 is 34.7 Å². The van der Waals surface area contributed by atoms with Gasteiger partial charge in [-0.1, -0.05) is 64.5 Å². The van der Waals surface area contributed by atoms with Crippen molar-refractivity contribution in [3.63, 3.8) is 0 Å². The topological polar surface area (TPSA) is 241 Å². The Labute approximate surface area is 518 Å². The molecule has 5 heterocycles. The lowest BCUT2D eigenvalue weighted by molar-refractivity contribution is -0.937. The number of amides is 4. The highest BCUT2D eigenvalue weighted by Gasteiger charge is 2.56. The zero-order valence-electron chi connectivity index (χ0n) is 49.3. The minimum absolute atomic E-state index is 0.0579. The Kier molecular flexibility index (Phi) is 20.6. The van der Waals surface area contributed by atoms with Crippen LogP contribution in [0.4, 0.5) is 9.93 Å². The van der Waals surface area contributed by atoms with Gasteiger partial charge in [-0.2, -0.15) is 0 Å². The molecule has 9 rings (SSSR count). The summed E-state index contributed by atoms with van der Waals surface area (Å²) in [7, 11) is 9.84. The molecule has 3 saturated heterocycles. The van der Waals surface area contributed by atoms with Crippen molar-refractivity contribution in [2.24, 2.45) is 5.16 Å². The van der Waals surface area contributed by atoms with E-state index >= 15 is 0 Å². The lowest BCUT2D eigenvalue weighted by atomic mass is 9.97. The number of nitrogens with zero attached hydrogens (tertiary/aromatic N) is 5. The second-order valence-electron chi connectivity index (χ2n) is 22.1. The standard InChI is InChI=1S/C61H67BClN7O15S2/c1-36(57(74)84-62)85-67-49(48-52(63)87-59(65-48)66-60(76)83-61(2,3)4)53(71)64-50-55(73)69-51(58(75)82-34-39-14-21-45(79-7)22-15-39)41(35-86-56(50)69)31-70(28-8-9-29-70)42-24-26-68(27-25-42)54(72)40-16-23-46(80-32-37-10-17-43(77-5)18-11-37)47(30-40)81-33-38-12-19-44(78-6)20-13-38/h10-23,30,36,42,50,56H,8-9,24-29,31-35H2,1-7H3,(H-,64,65,66,71,76)/p+1/b67-49-/t36-,50+,56+/m0/s1. The van der Waals surface area contributed by atoms with Crippen LogP contribution in [0.2, 0.25) is 4.34 Å². The number of hydrogen-bond acceptors (Lipinski definition) is 19. The highest BCUT2D eigenvalue weighted by Crippen LogP contribution is 2.44. The fourth-order valence-electron chi connectivity index (χ4n) is 10.7. The van der Waals surface area contributed by atoms with Gasteiger partial charge >= 0.3 is 26.1 Å². The van der Waals surface area contributed by atoms with Crippen LogP contribution in [-0.2, 0) is 58.0 Å². The number of oxime groups is 1. The molecule has 0 aliphatic carbocycles. The Morgan fingerprint density at radius 2 is 1.39 bits per heavy atom. The molecule has 22 nitrogen and oxygen atoms in total. The van der Waals surface area contributed by atoms with Gasteiger partial charge < -0.3 is 57.3 Å². The molecule has 1 aromatic heterocycles. The quantitative estimate of drug-likeness (QED) is 0.0156. The van der Waals surface area contributed by atoms with E-state index in [-0.39, 0.29) is 52.6 Å². The molecule has 2 radical (unpaired) electrons. The Balaban J connectivity index is 0.931. The zero-order chi connectivity index (χ0) is 62.0. The highest BCUT2D eigenvalue weighted by molar-refractivity contribution is 8.00. The number of thiazole rings is 1. The van der Waals surface area contributed by atoms with Crippen LogP contribution in [0.3, 0.4) is 0 Å². The molecule has 26 heteroatoms. The number of benzene rings is 4. The van der Waals surface area contributed by atoms with E-state index in [4.69, 9.17) is 57.6 Å². The monoisotopic (exact) mass is 1250 g/mol. The van der Waals surface area contributed by atoms with Gasteiger partial charge in [0.15, 0.2) is 22.3 Å². The van der Waals surface area contributed by atoms with E-state index in [0.717, 1.165) is 65.5 Å². The minimum Gasteiger partial charge on any atom is -0.541 e. The normalized spacial score (nSPS) is 17.9. The highest BCUT2D eigenvalue weighted by atomic mass is 35.5. The SMILES string of the molecule is [B]OC(=O)[C@H](C)O/N=C(\C(=O)N[C@@H]1C(=O)N2C(C(=O)OCc3ccc(OC)cc3)=C(C[N+]3(C4CCN(C(=O)c5ccc(OCc6ccc(OC)cc6)c(OCc6ccc(OC)cc6)c5)CC4)CCCC3)CS[C@H]12)c1nc(NC(=O)OC(C)(C)C)sc1Cl. The molecular weight excluding hydrogens is 1180 g/mol. The third-order valence-electron chi connectivity index (χ3n) is 15.2. The van der Waals surface area contributed by atoms with E-state index in [0.29, 0.717) is 71.1 Å². The Bertz CT molecular complexity index is 3380. The molecule has 4 aromatic carbocycles. The van der Waals surface area contributed by atoms with Gasteiger partial charge in [-0.15, -0.1) is 11.8 Å². The fourth-order valence-corrected chi connectivity index (χ4v) is 13.1. The summed E-state index contributed by atoms with van der Waals surface area (Å²) >= 11 is 8.77. The van der Waals surface area contributed by atoms with Gasteiger partial charge in [0.2, 0.25) is 6.10 Å². The van der Waals surface area contributed by atoms with E-state index in [1.54, 1.807) is 84.6 Å². The van der Waals surface area contributed by atoms with Crippen LogP contribution in [0.1, 0.15) is 86.1 Å². The first-order chi connectivity index (χ1) is 41.8. The average Bonchev–Trinajstić information content (AvgIpc) is 1.13. The Morgan fingerprint density at radius 1 is 0.816 bits per heavy atom. The van der Waals surface area contributed by atoms with Crippen molar-refractivity contribution in [2.75, 3.05) is 65.1 Å². The van der Waals surface area contributed by atoms with Gasteiger partial charge in [-0.25, -0.2) is 19.4 Å². The molecule has 5 aromatic rings. The molecule has 458 valence electrons. The number of ether oxygens (including phenoxy) is 7. The number of methoxy groups -OCH3 is 3. The molecule has 0 unspecified atom stereocenters. The van der Waals surface area contributed by atoms with Crippen molar-refractivity contribution < 1.29 is 75.9 Å². The summed E-state index contributed by atoms with van der Waals surface area (Å²) in [5.41, 5.74) is 2.16. The summed E-state index contributed by atoms with van der Waals surface area (Å²) in [6.45, 7) is 9.75. The summed E-state index contributed by atoms with van der Waals surface area (Å²) < 4.78 is 44.8. The largest absolute Gasteiger partial charge is 0.541 e. The number of halogens is 1. The van der Waals surface area contributed by atoms with E-state index < -0.39 is 58.7 Å². The third kappa shape index (κ3) is 15.4. The lowest BCUT2D eigenvalue weighted by Crippen LogP contribution is -2.71. The van der Waals surface area contributed by atoms with Gasteiger partial charge in [0, 0.05) is 55.7 Å². The molecule has 3 fully saturated rings. The van der Waals surface area contributed by atoms with Gasteiger partial charge in [-0.05, 0) is 99.0 Å². The van der Waals surface area contributed by atoms with Crippen molar-refractivity contribution in [3.8, 4) is 28.7 Å². The van der Waals surface area contributed by atoms with Crippen molar-refractivity contribution in [1.82, 2.24) is 20.1 Å². The number of nitrogens with one attached hydrogen (secondary N) is 2. The molecule has 3 atom stereocenters. The lowest BCUT2D eigenvalue weighted by Gasteiger charge is -2.51. The third-order valence-corrected chi connectivity index (χ3v) is 17.7. The van der Waals surface area contributed by atoms with Crippen molar-refractivity contribution in [1.29, 1.82) is 0 Å². The van der Waals surface area contributed by atoms with Gasteiger partial charge in [-0.3, -0.25) is 24.6 Å². The van der Waals surface area contributed by atoms with Crippen LogP contribution in [0.15, 0.2) is 107 Å². The average molecular weight is 1250 g/mol. The minimum atomic E-state index is -1.40. The number of rotatable bonds is 23. The van der Waals surface area contributed by atoms with Crippen LogP contribution in [0, 0.1) is 0 Å². The maximum atomic E-state index is 14.7. The van der Waals surface area contributed by atoms with E-state index in [1.165, 1.54) is 23.6 Å². The second kappa shape index (κ2) is 28.2. The summed E-state index contributed by atoms with van der Waals surface area (Å²) in [5, 5.41) is 8.29. The number of thioether (sulfide) groups is 1. The maximum absolute atomic E-state index is 14.7. The number of β-lactam (4-membered cyclic amide) rings is 1. The molecule has 2 N–H and O–H groups in total. The molecule has 0 saturated carbocycles. The molecule has 4 aliphatic rings.